The van der Waals surface area contributed by atoms with Gasteiger partial charge in [0.2, 0.25) is 5.91 Å². The third kappa shape index (κ3) is 2.56. The van der Waals surface area contributed by atoms with Crippen LogP contribution in [0.5, 0.6) is 0 Å². The number of fused-ring (bicyclic) bond motifs is 1. The van der Waals surface area contributed by atoms with Crippen LogP contribution in [-0.4, -0.2) is 16.9 Å². The molecule has 1 aromatic carbocycles. The van der Waals surface area contributed by atoms with E-state index in [1.54, 1.807) is 6.20 Å². The molecule has 4 heteroatoms. The van der Waals surface area contributed by atoms with Crippen molar-refractivity contribution in [2.24, 2.45) is 11.7 Å². The monoisotopic (exact) mass is 267 g/mol. The summed E-state index contributed by atoms with van der Waals surface area (Å²) in [5.41, 5.74) is 7.74. The smallest absolute Gasteiger partial charge is 0.227 e. The van der Waals surface area contributed by atoms with Crippen molar-refractivity contribution < 1.29 is 4.79 Å². The molecule has 1 aliphatic carbocycles. The van der Waals surface area contributed by atoms with Crippen molar-refractivity contribution in [3.63, 3.8) is 0 Å². The zero-order chi connectivity index (χ0) is 13.9. The minimum absolute atomic E-state index is 0.00460. The van der Waals surface area contributed by atoms with Crippen LogP contribution >= 0.6 is 0 Å². The highest BCUT2D eigenvalue weighted by molar-refractivity contribution is 5.84. The number of amides is 1. The van der Waals surface area contributed by atoms with E-state index in [0.717, 1.165) is 16.5 Å². The topological polar surface area (TPSA) is 68.0 Å². The number of para-hydroxylation sites is 1. The molecule has 0 saturated heterocycles. The Morgan fingerprint density at radius 2 is 2.15 bits per heavy atom. The van der Waals surface area contributed by atoms with E-state index in [4.69, 9.17) is 5.73 Å². The summed E-state index contributed by atoms with van der Waals surface area (Å²) in [7, 11) is 0. The van der Waals surface area contributed by atoms with Gasteiger partial charge in [-0.05, 0) is 18.1 Å². The van der Waals surface area contributed by atoms with Gasteiger partial charge in [-0.15, -0.1) is 0 Å². The molecular weight excluding hydrogens is 250 g/mol. The number of hydrogen-bond donors (Lipinski definition) is 2. The fourth-order valence-corrected chi connectivity index (χ4v) is 2.55. The molecule has 3 N–H and O–H groups in total. The number of nitrogens with zero attached hydrogens (tertiary/aromatic N) is 1. The van der Waals surface area contributed by atoms with Crippen molar-refractivity contribution in [1.82, 2.24) is 10.3 Å². The Kier molecular flexibility index (Phi) is 3.48. The Labute approximate surface area is 117 Å². The number of pyridine rings is 1. The van der Waals surface area contributed by atoms with Crippen LogP contribution in [0.2, 0.25) is 0 Å². The van der Waals surface area contributed by atoms with Gasteiger partial charge in [0.1, 0.15) is 0 Å². The van der Waals surface area contributed by atoms with Crippen LogP contribution in [0.25, 0.3) is 10.9 Å². The third-order valence-corrected chi connectivity index (χ3v) is 3.62. The van der Waals surface area contributed by atoms with E-state index in [2.05, 4.69) is 10.3 Å². The third-order valence-electron chi connectivity index (χ3n) is 3.62. The standard InChI is InChI=1S/C16H17N3O/c17-14-7-6-12(9-14)16(20)19-10-13-4-1-3-11-5-2-8-18-15(11)13/h1-8,12,14H,9-10,17H2,(H,19,20). The molecule has 0 fully saturated rings. The fraction of sp³-hybridized carbons (Fsp3) is 0.250. The van der Waals surface area contributed by atoms with Crippen molar-refractivity contribution in [2.75, 3.05) is 0 Å². The molecule has 0 saturated carbocycles. The SMILES string of the molecule is NC1C=CC(C(=O)NCc2cccc3cccnc23)C1. The van der Waals surface area contributed by atoms with Gasteiger partial charge in [0.15, 0.2) is 0 Å². The predicted octanol–water partition coefficient (Wildman–Crippen LogP) is 1.75. The van der Waals surface area contributed by atoms with E-state index in [1.165, 1.54) is 0 Å². The normalized spacial score (nSPS) is 21.2. The molecular formula is C16H17N3O. The van der Waals surface area contributed by atoms with Crippen LogP contribution in [0, 0.1) is 5.92 Å². The van der Waals surface area contributed by atoms with Gasteiger partial charge in [0.25, 0.3) is 0 Å². The van der Waals surface area contributed by atoms with Gasteiger partial charge >= 0.3 is 0 Å². The summed E-state index contributed by atoms with van der Waals surface area (Å²) in [6.45, 7) is 0.493. The van der Waals surface area contributed by atoms with E-state index in [-0.39, 0.29) is 17.9 Å². The average Bonchev–Trinajstić information content (AvgIpc) is 2.91. The second kappa shape index (κ2) is 5.43. The lowest BCUT2D eigenvalue weighted by atomic mass is 10.1. The van der Waals surface area contributed by atoms with E-state index in [1.807, 2.05) is 42.5 Å². The first-order valence-electron chi connectivity index (χ1n) is 6.78. The van der Waals surface area contributed by atoms with Gasteiger partial charge in [-0.25, -0.2) is 0 Å². The largest absolute Gasteiger partial charge is 0.351 e. The molecule has 2 unspecified atom stereocenters. The maximum atomic E-state index is 12.1. The zero-order valence-electron chi connectivity index (χ0n) is 11.1. The maximum absolute atomic E-state index is 12.1. The van der Waals surface area contributed by atoms with Gasteiger partial charge in [0, 0.05) is 24.2 Å². The zero-order valence-corrected chi connectivity index (χ0v) is 11.1. The van der Waals surface area contributed by atoms with Gasteiger partial charge in [-0.1, -0.05) is 36.4 Å². The average molecular weight is 267 g/mol. The van der Waals surface area contributed by atoms with Gasteiger partial charge in [-0.3, -0.25) is 9.78 Å². The number of rotatable bonds is 3. The molecule has 1 aliphatic rings. The predicted molar refractivity (Wildman–Crippen MR) is 78.8 cm³/mol. The summed E-state index contributed by atoms with van der Waals surface area (Å²) in [6.07, 6.45) is 6.25. The Bertz CT molecular complexity index is 660. The molecule has 0 bridgehead atoms. The van der Waals surface area contributed by atoms with Crippen molar-refractivity contribution in [2.45, 2.75) is 19.0 Å². The summed E-state index contributed by atoms with van der Waals surface area (Å²) in [4.78, 5) is 16.4. The van der Waals surface area contributed by atoms with E-state index in [0.29, 0.717) is 13.0 Å². The van der Waals surface area contributed by atoms with Crippen molar-refractivity contribution in [3.05, 3.63) is 54.2 Å². The van der Waals surface area contributed by atoms with Crippen LogP contribution in [0.3, 0.4) is 0 Å². The summed E-state index contributed by atoms with van der Waals surface area (Å²) in [6, 6.07) is 9.93. The first kappa shape index (κ1) is 12.8. The Balaban J connectivity index is 1.71. The quantitative estimate of drug-likeness (QED) is 0.833. The number of hydrogen-bond acceptors (Lipinski definition) is 3. The Morgan fingerprint density at radius 3 is 2.95 bits per heavy atom. The molecule has 20 heavy (non-hydrogen) atoms. The highest BCUT2D eigenvalue weighted by atomic mass is 16.1. The molecule has 0 spiro atoms. The fourth-order valence-electron chi connectivity index (χ4n) is 2.55. The summed E-state index contributed by atoms with van der Waals surface area (Å²) in [5.74, 6) is -0.0740. The molecule has 2 atom stereocenters. The number of carbonyl (C=O) groups is 1. The number of carbonyl (C=O) groups excluding carboxylic acids is 1. The molecule has 2 aromatic rings. The van der Waals surface area contributed by atoms with Crippen LogP contribution in [0.1, 0.15) is 12.0 Å². The molecule has 0 radical (unpaired) electrons. The number of nitrogens with two attached hydrogens (primary N) is 1. The van der Waals surface area contributed by atoms with Gasteiger partial charge < -0.3 is 11.1 Å². The van der Waals surface area contributed by atoms with E-state index < -0.39 is 0 Å². The summed E-state index contributed by atoms with van der Waals surface area (Å²) in [5, 5.41) is 4.05. The molecule has 1 aromatic heterocycles. The van der Waals surface area contributed by atoms with Crippen LogP contribution in [0.15, 0.2) is 48.7 Å². The second-order valence-electron chi connectivity index (χ2n) is 5.10. The first-order chi connectivity index (χ1) is 9.74. The molecule has 102 valence electrons. The lowest BCUT2D eigenvalue weighted by Crippen LogP contribution is -2.30. The minimum Gasteiger partial charge on any atom is -0.351 e. The maximum Gasteiger partial charge on any atom is 0.227 e. The van der Waals surface area contributed by atoms with Crippen LogP contribution in [-0.2, 0) is 11.3 Å². The van der Waals surface area contributed by atoms with Gasteiger partial charge in [0.05, 0.1) is 11.4 Å². The molecule has 1 amide bonds. The highest BCUT2D eigenvalue weighted by Gasteiger charge is 2.22. The first-order valence-corrected chi connectivity index (χ1v) is 6.78. The molecule has 3 rings (SSSR count). The number of aromatic nitrogens is 1. The lowest BCUT2D eigenvalue weighted by Gasteiger charge is -2.11. The van der Waals surface area contributed by atoms with Crippen molar-refractivity contribution in [1.29, 1.82) is 0 Å². The number of benzene rings is 1. The van der Waals surface area contributed by atoms with E-state index >= 15 is 0 Å². The second-order valence-corrected chi connectivity index (χ2v) is 5.10. The molecule has 1 heterocycles. The molecule has 0 aliphatic heterocycles. The summed E-state index contributed by atoms with van der Waals surface area (Å²) >= 11 is 0. The van der Waals surface area contributed by atoms with Crippen molar-refractivity contribution in [3.8, 4) is 0 Å². The summed E-state index contributed by atoms with van der Waals surface area (Å²) < 4.78 is 0. The lowest BCUT2D eigenvalue weighted by molar-refractivity contribution is -0.123. The number of nitrogens with one attached hydrogen (secondary N) is 1. The van der Waals surface area contributed by atoms with Crippen molar-refractivity contribution >= 4 is 16.8 Å². The van der Waals surface area contributed by atoms with Crippen LogP contribution < -0.4 is 11.1 Å². The molecule has 4 nitrogen and oxygen atoms in total. The van der Waals surface area contributed by atoms with Gasteiger partial charge in [-0.2, -0.15) is 0 Å². The van der Waals surface area contributed by atoms with Crippen LogP contribution in [0.4, 0.5) is 0 Å². The van der Waals surface area contributed by atoms with E-state index in [9.17, 15) is 4.79 Å². The Morgan fingerprint density at radius 1 is 1.30 bits per heavy atom. The Hall–Kier alpha value is -2.20. The highest BCUT2D eigenvalue weighted by Crippen LogP contribution is 2.18. The minimum atomic E-state index is -0.104.